The molecule has 0 saturated carbocycles. The van der Waals surface area contributed by atoms with Gasteiger partial charge in [-0.1, -0.05) is 47.7 Å². The summed E-state index contributed by atoms with van der Waals surface area (Å²) in [7, 11) is 3.93. The molecule has 26 heavy (non-hydrogen) atoms. The van der Waals surface area contributed by atoms with Gasteiger partial charge in [0.2, 0.25) is 5.91 Å². The van der Waals surface area contributed by atoms with E-state index in [1.165, 1.54) is 17.4 Å². The Hall–Kier alpha value is -2.31. The number of rotatable bonds is 7. The van der Waals surface area contributed by atoms with E-state index in [0.29, 0.717) is 30.0 Å². The van der Waals surface area contributed by atoms with Gasteiger partial charge in [0, 0.05) is 19.5 Å². The maximum absolute atomic E-state index is 14.0. The second-order valence-electron chi connectivity index (χ2n) is 6.42. The number of benzene rings is 2. The lowest BCUT2D eigenvalue weighted by atomic mass is 10.1. The average Bonchev–Trinajstić information content (AvgIpc) is 3.06. The van der Waals surface area contributed by atoms with Crippen molar-refractivity contribution >= 4 is 32.6 Å². The van der Waals surface area contributed by atoms with Gasteiger partial charge in [0.05, 0.1) is 4.70 Å². The minimum Gasteiger partial charge on any atom is -0.308 e. The summed E-state index contributed by atoms with van der Waals surface area (Å²) in [5.41, 5.74) is 1.46. The zero-order valence-corrected chi connectivity index (χ0v) is 15.8. The van der Waals surface area contributed by atoms with Gasteiger partial charge in [0.25, 0.3) is 0 Å². The molecule has 0 spiro atoms. The predicted molar refractivity (Wildman–Crippen MR) is 105 cm³/mol. The molecule has 0 aliphatic rings. The van der Waals surface area contributed by atoms with E-state index in [4.69, 9.17) is 0 Å². The second kappa shape index (κ2) is 8.38. The van der Waals surface area contributed by atoms with Crippen molar-refractivity contribution < 1.29 is 9.18 Å². The molecule has 0 aliphatic heterocycles. The number of thiazole rings is 1. The Morgan fingerprint density at radius 3 is 2.54 bits per heavy atom. The first kappa shape index (κ1) is 18.5. The molecule has 0 bridgehead atoms. The highest BCUT2D eigenvalue weighted by molar-refractivity contribution is 7.22. The summed E-state index contributed by atoms with van der Waals surface area (Å²) in [6, 6.07) is 14.8. The van der Waals surface area contributed by atoms with Crippen LogP contribution in [0.3, 0.4) is 0 Å². The summed E-state index contributed by atoms with van der Waals surface area (Å²) in [6.07, 6.45) is 1.08. The molecule has 0 radical (unpaired) electrons. The molecule has 0 saturated heterocycles. The van der Waals surface area contributed by atoms with E-state index in [0.717, 1.165) is 16.8 Å². The van der Waals surface area contributed by atoms with Crippen LogP contribution >= 0.6 is 11.3 Å². The Bertz CT molecular complexity index is 879. The van der Waals surface area contributed by atoms with Gasteiger partial charge in [0.1, 0.15) is 11.3 Å². The minimum atomic E-state index is -0.353. The standard InChI is InChI=1S/C20H22FN3OS/c1-23(2)13-14-24(18(25)12-11-15-7-4-3-5-8-15)20-22-19-16(21)9-6-10-17(19)26-20/h3-10H,11-14H2,1-2H3. The average molecular weight is 371 g/mol. The van der Waals surface area contributed by atoms with E-state index >= 15 is 0 Å². The number of para-hydroxylation sites is 1. The van der Waals surface area contributed by atoms with Crippen LogP contribution in [-0.2, 0) is 11.2 Å². The highest BCUT2D eigenvalue weighted by Crippen LogP contribution is 2.30. The van der Waals surface area contributed by atoms with Crippen LogP contribution in [0, 0.1) is 5.82 Å². The van der Waals surface area contributed by atoms with Crippen molar-refractivity contribution in [2.24, 2.45) is 0 Å². The highest BCUT2D eigenvalue weighted by Gasteiger charge is 2.20. The molecule has 1 aromatic heterocycles. The number of carbonyl (C=O) groups excluding carboxylic acids is 1. The third kappa shape index (κ3) is 4.45. The highest BCUT2D eigenvalue weighted by atomic mass is 32.1. The van der Waals surface area contributed by atoms with E-state index < -0.39 is 0 Å². The number of aryl methyl sites for hydroxylation is 1. The summed E-state index contributed by atoms with van der Waals surface area (Å²) in [5.74, 6) is -0.343. The normalized spacial score (nSPS) is 11.2. The number of nitrogens with zero attached hydrogens (tertiary/aromatic N) is 3. The van der Waals surface area contributed by atoms with Crippen molar-refractivity contribution in [2.45, 2.75) is 12.8 Å². The minimum absolute atomic E-state index is 0.00941. The number of amides is 1. The Labute approximate surface area is 156 Å². The van der Waals surface area contributed by atoms with Crippen LogP contribution in [0.25, 0.3) is 10.2 Å². The van der Waals surface area contributed by atoms with Gasteiger partial charge in [-0.25, -0.2) is 9.37 Å². The van der Waals surface area contributed by atoms with Crippen LogP contribution in [0.5, 0.6) is 0 Å². The third-order valence-corrected chi connectivity index (χ3v) is 5.18. The Kier molecular flexibility index (Phi) is 5.96. The predicted octanol–water partition coefficient (Wildman–Crippen LogP) is 3.96. The quantitative estimate of drug-likeness (QED) is 0.631. The molecule has 0 aliphatic carbocycles. The third-order valence-electron chi connectivity index (χ3n) is 4.13. The van der Waals surface area contributed by atoms with Crippen molar-refractivity contribution in [2.75, 3.05) is 32.1 Å². The number of anilines is 1. The van der Waals surface area contributed by atoms with Crippen LogP contribution in [0.2, 0.25) is 0 Å². The van der Waals surface area contributed by atoms with Gasteiger partial charge in [-0.2, -0.15) is 0 Å². The molecule has 0 fully saturated rings. The lowest BCUT2D eigenvalue weighted by Crippen LogP contribution is -2.36. The second-order valence-corrected chi connectivity index (χ2v) is 7.43. The summed E-state index contributed by atoms with van der Waals surface area (Å²) in [5, 5.41) is 0.560. The molecule has 6 heteroatoms. The number of fused-ring (bicyclic) bond motifs is 1. The number of carbonyl (C=O) groups is 1. The maximum atomic E-state index is 14.0. The summed E-state index contributed by atoms with van der Waals surface area (Å²) < 4.78 is 14.7. The van der Waals surface area contributed by atoms with Crippen molar-refractivity contribution in [3.05, 3.63) is 59.9 Å². The topological polar surface area (TPSA) is 36.4 Å². The fraction of sp³-hybridized carbons (Fsp3) is 0.300. The van der Waals surface area contributed by atoms with E-state index in [-0.39, 0.29) is 11.7 Å². The molecule has 0 N–H and O–H groups in total. The molecular weight excluding hydrogens is 349 g/mol. The van der Waals surface area contributed by atoms with E-state index in [9.17, 15) is 9.18 Å². The van der Waals surface area contributed by atoms with Crippen LogP contribution in [-0.4, -0.2) is 43.0 Å². The van der Waals surface area contributed by atoms with Crippen molar-refractivity contribution in [1.82, 2.24) is 9.88 Å². The lowest BCUT2D eigenvalue weighted by molar-refractivity contribution is -0.118. The molecule has 1 amide bonds. The Morgan fingerprint density at radius 2 is 1.85 bits per heavy atom. The number of halogens is 1. The molecular formula is C20H22FN3OS. The first-order chi connectivity index (χ1) is 12.5. The zero-order chi connectivity index (χ0) is 18.5. The molecule has 3 rings (SSSR count). The fourth-order valence-electron chi connectivity index (χ4n) is 2.68. The number of likely N-dealkylation sites (N-methyl/N-ethyl adjacent to an activating group) is 1. The SMILES string of the molecule is CN(C)CCN(C(=O)CCc1ccccc1)c1nc2c(F)cccc2s1. The molecule has 4 nitrogen and oxygen atoms in total. The van der Waals surface area contributed by atoms with Gasteiger partial charge in [-0.15, -0.1) is 0 Å². The number of hydrogen-bond donors (Lipinski definition) is 0. The number of hydrogen-bond acceptors (Lipinski definition) is 4. The zero-order valence-electron chi connectivity index (χ0n) is 15.0. The Balaban J connectivity index is 1.81. The fourth-order valence-corrected chi connectivity index (χ4v) is 3.70. The molecule has 2 aromatic carbocycles. The maximum Gasteiger partial charge on any atom is 0.229 e. The first-order valence-corrected chi connectivity index (χ1v) is 9.40. The van der Waals surface area contributed by atoms with Crippen LogP contribution in [0.4, 0.5) is 9.52 Å². The molecule has 136 valence electrons. The smallest absolute Gasteiger partial charge is 0.229 e. The van der Waals surface area contributed by atoms with Crippen LogP contribution < -0.4 is 4.90 Å². The van der Waals surface area contributed by atoms with E-state index in [1.807, 2.05) is 55.4 Å². The van der Waals surface area contributed by atoms with Gasteiger partial charge >= 0.3 is 0 Å². The van der Waals surface area contributed by atoms with Crippen molar-refractivity contribution in [3.63, 3.8) is 0 Å². The Morgan fingerprint density at radius 1 is 1.08 bits per heavy atom. The monoisotopic (exact) mass is 371 g/mol. The molecule has 3 aromatic rings. The number of aromatic nitrogens is 1. The van der Waals surface area contributed by atoms with Gasteiger partial charge in [0.15, 0.2) is 5.13 Å². The van der Waals surface area contributed by atoms with E-state index in [1.54, 1.807) is 11.0 Å². The largest absolute Gasteiger partial charge is 0.308 e. The molecule has 1 heterocycles. The van der Waals surface area contributed by atoms with Gasteiger partial charge < -0.3 is 4.90 Å². The lowest BCUT2D eigenvalue weighted by Gasteiger charge is -2.22. The summed E-state index contributed by atoms with van der Waals surface area (Å²) >= 11 is 1.36. The molecule has 0 unspecified atom stereocenters. The first-order valence-electron chi connectivity index (χ1n) is 8.58. The summed E-state index contributed by atoms with van der Waals surface area (Å²) in [4.78, 5) is 21.0. The van der Waals surface area contributed by atoms with Gasteiger partial charge in [-0.05, 0) is 38.2 Å². The summed E-state index contributed by atoms with van der Waals surface area (Å²) in [6.45, 7) is 1.25. The van der Waals surface area contributed by atoms with E-state index in [2.05, 4.69) is 4.98 Å². The van der Waals surface area contributed by atoms with Crippen molar-refractivity contribution in [3.8, 4) is 0 Å². The molecule has 0 atom stereocenters. The van der Waals surface area contributed by atoms with Crippen LogP contribution in [0.1, 0.15) is 12.0 Å². The van der Waals surface area contributed by atoms with Gasteiger partial charge in [-0.3, -0.25) is 9.69 Å². The van der Waals surface area contributed by atoms with Crippen LogP contribution in [0.15, 0.2) is 48.5 Å². The van der Waals surface area contributed by atoms with Crippen molar-refractivity contribution in [1.29, 1.82) is 0 Å².